The van der Waals surface area contributed by atoms with Gasteiger partial charge in [-0.15, -0.1) is 23.1 Å². The van der Waals surface area contributed by atoms with Gasteiger partial charge in [0, 0.05) is 42.4 Å². The molecule has 1 aromatic heterocycles. The largest absolute Gasteiger partial charge is 0.379 e. The molecule has 166 valence electrons. The van der Waals surface area contributed by atoms with Crippen LogP contribution in [0.3, 0.4) is 0 Å². The summed E-state index contributed by atoms with van der Waals surface area (Å²) in [5.41, 5.74) is 4.44. The topological polar surface area (TPSA) is 74.8 Å². The van der Waals surface area contributed by atoms with Crippen molar-refractivity contribution in [1.82, 2.24) is 20.3 Å². The maximum atomic E-state index is 12.7. The molecule has 1 N–H and O–H groups in total. The van der Waals surface area contributed by atoms with E-state index in [0.717, 1.165) is 36.5 Å². The van der Waals surface area contributed by atoms with Gasteiger partial charge in [0.2, 0.25) is 5.91 Å². The number of likely N-dealkylation sites (tertiary alicyclic amines) is 1. The van der Waals surface area contributed by atoms with Gasteiger partial charge in [0.25, 0.3) is 5.91 Å². The zero-order valence-corrected chi connectivity index (χ0v) is 19.3. The number of nitrogens with zero attached hydrogens (tertiary/aromatic N) is 3. The van der Waals surface area contributed by atoms with E-state index in [9.17, 15) is 9.59 Å². The molecule has 1 aromatic carbocycles. The number of hydrogen-bond donors (Lipinski definition) is 1. The second kappa shape index (κ2) is 10.6. The van der Waals surface area contributed by atoms with Gasteiger partial charge in [-0.2, -0.15) is 0 Å². The Labute approximate surface area is 191 Å². The van der Waals surface area contributed by atoms with Crippen LogP contribution in [-0.4, -0.2) is 72.4 Å². The van der Waals surface area contributed by atoms with Crippen LogP contribution in [0.5, 0.6) is 0 Å². The van der Waals surface area contributed by atoms with Crippen LogP contribution < -0.4 is 5.43 Å². The van der Waals surface area contributed by atoms with Crippen LogP contribution in [0.4, 0.5) is 0 Å². The van der Waals surface area contributed by atoms with Crippen LogP contribution in [0.15, 0.2) is 34.5 Å². The Balaban J connectivity index is 1.26. The molecule has 0 unspecified atom stereocenters. The molecule has 2 aliphatic heterocycles. The highest BCUT2D eigenvalue weighted by molar-refractivity contribution is 7.98. The van der Waals surface area contributed by atoms with Crippen LogP contribution in [0.2, 0.25) is 0 Å². The Kier molecular flexibility index (Phi) is 7.60. The number of piperidine rings is 1. The molecule has 31 heavy (non-hydrogen) atoms. The number of morpholine rings is 1. The summed E-state index contributed by atoms with van der Waals surface area (Å²) in [6.45, 7) is 4.11. The molecule has 7 nitrogen and oxygen atoms in total. The fourth-order valence-corrected chi connectivity index (χ4v) is 5.24. The second-order valence-electron chi connectivity index (χ2n) is 7.79. The highest BCUT2D eigenvalue weighted by atomic mass is 32.2. The first kappa shape index (κ1) is 22.3. The second-order valence-corrected chi connectivity index (χ2v) is 9.56. The molecule has 0 saturated carbocycles. The van der Waals surface area contributed by atoms with E-state index in [0.29, 0.717) is 44.3 Å². The lowest BCUT2D eigenvalue weighted by Gasteiger charge is -2.31. The summed E-state index contributed by atoms with van der Waals surface area (Å²) in [6.07, 6.45) is 4.26. The maximum Gasteiger partial charge on any atom is 0.285 e. The van der Waals surface area contributed by atoms with Crippen molar-refractivity contribution in [3.8, 4) is 0 Å². The van der Waals surface area contributed by atoms with E-state index in [1.54, 1.807) is 23.1 Å². The molecule has 0 spiro atoms. The van der Waals surface area contributed by atoms with Crippen molar-refractivity contribution < 1.29 is 14.3 Å². The lowest BCUT2D eigenvalue weighted by Crippen LogP contribution is -2.48. The van der Waals surface area contributed by atoms with Gasteiger partial charge in [-0.1, -0.05) is 12.1 Å². The number of nitrogens with one attached hydrogen (secondary N) is 1. The summed E-state index contributed by atoms with van der Waals surface area (Å²) >= 11 is 3.24. The van der Waals surface area contributed by atoms with Crippen molar-refractivity contribution in [3.05, 3.63) is 45.9 Å². The first-order valence-corrected chi connectivity index (χ1v) is 12.7. The quantitative estimate of drug-likeness (QED) is 0.669. The van der Waals surface area contributed by atoms with Crippen LogP contribution in [0, 0.1) is 0 Å². The minimum absolute atomic E-state index is 0.162. The van der Waals surface area contributed by atoms with Gasteiger partial charge in [0.1, 0.15) is 5.69 Å². The van der Waals surface area contributed by atoms with Gasteiger partial charge < -0.3 is 9.64 Å². The molecule has 0 aliphatic carbocycles. The molecule has 2 saturated heterocycles. The number of ether oxygens (including phenoxy) is 1. The number of carbonyl (C=O) groups is 2. The van der Waals surface area contributed by atoms with E-state index in [1.807, 2.05) is 33.7 Å². The predicted octanol–water partition coefficient (Wildman–Crippen LogP) is 2.79. The van der Waals surface area contributed by atoms with Gasteiger partial charge in [0.05, 0.1) is 24.6 Å². The number of hydrogen-bond acceptors (Lipinski definition) is 7. The molecule has 2 amide bonds. The highest BCUT2D eigenvalue weighted by Crippen LogP contribution is 2.30. The van der Waals surface area contributed by atoms with Crippen LogP contribution in [0.1, 0.15) is 39.8 Å². The van der Waals surface area contributed by atoms with Crippen LogP contribution >= 0.6 is 23.1 Å². The van der Waals surface area contributed by atoms with Gasteiger partial charge in [0.15, 0.2) is 0 Å². The molecule has 0 atom stereocenters. The van der Waals surface area contributed by atoms with Gasteiger partial charge >= 0.3 is 0 Å². The summed E-state index contributed by atoms with van der Waals surface area (Å²) in [5, 5.41) is 4.71. The Hall–Kier alpha value is -1.94. The number of carbonyl (C=O) groups excluding carboxylic acids is 2. The van der Waals surface area contributed by atoms with Crippen molar-refractivity contribution in [1.29, 1.82) is 0 Å². The first-order valence-electron chi connectivity index (χ1n) is 10.6. The Morgan fingerprint density at radius 3 is 2.55 bits per heavy atom. The number of amides is 2. The molecular formula is C22H28N4O3S2. The lowest BCUT2D eigenvalue weighted by molar-refractivity contribution is -0.131. The Bertz CT molecular complexity index is 888. The van der Waals surface area contributed by atoms with E-state index < -0.39 is 0 Å². The summed E-state index contributed by atoms with van der Waals surface area (Å²) < 4.78 is 5.30. The molecular weight excluding hydrogens is 432 g/mol. The molecule has 9 heteroatoms. The number of thioether (sulfide) groups is 1. The van der Waals surface area contributed by atoms with Crippen molar-refractivity contribution in [2.45, 2.75) is 30.1 Å². The van der Waals surface area contributed by atoms with E-state index >= 15 is 0 Å². The normalized spacial score (nSPS) is 18.2. The number of benzene rings is 1. The molecule has 3 heterocycles. The molecule has 0 radical (unpaired) electrons. The van der Waals surface area contributed by atoms with Crippen molar-refractivity contribution in [2.24, 2.45) is 0 Å². The lowest BCUT2D eigenvalue weighted by atomic mass is 9.97. The predicted molar refractivity (Wildman–Crippen MR) is 122 cm³/mol. The fourth-order valence-electron chi connectivity index (χ4n) is 3.86. The average molecular weight is 461 g/mol. The SMILES string of the molecule is CSc1ccc(CC(=O)N2CCC(c3nc(C(=O)NN4CCOCC4)cs3)CC2)cc1. The molecule has 0 bridgehead atoms. The first-order chi connectivity index (χ1) is 15.1. The van der Waals surface area contributed by atoms with E-state index in [-0.39, 0.29) is 11.8 Å². The molecule has 2 aromatic rings. The summed E-state index contributed by atoms with van der Waals surface area (Å²) in [5.74, 6) is 0.324. The average Bonchev–Trinajstić information content (AvgIpc) is 3.31. The third kappa shape index (κ3) is 5.85. The third-order valence-corrected chi connectivity index (χ3v) is 7.49. The summed E-state index contributed by atoms with van der Waals surface area (Å²) in [7, 11) is 0. The molecule has 4 rings (SSSR count). The van der Waals surface area contributed by atoms with Gasteiger partial charge in [-0.25, -0.2) is 9.99 Å². The van der Waals surface area contributed by atoms with Crippen LogP contribution in [0.25, 0.3) is 0 Å². The minimum atomic E-state index is -0.162. The van der Waals surface area contributed by atoms with Crippen molar-refractivity contribution >= 4 is 34.9 Å². The fraction of sp³-hybridized carbons (Fsp3) is 0.500. The van der Waals surface area contributed by atoms with E-state index in [1.165, 1.54) is 4.90 Å². The molecule has 2 fully saturated rings. The number of aromatic nitrogens is 1. The monoisotopic (exact) mass is 460 g/mol. The molecule has 2 aliphatic rings. The minimum Gasteiger partial charge on any atom is -0.379 e. The van der Waals surface area contributed by atoms with Gasteiger partial charge in [-0.3, -0.25) is 15.0 Å². The maximum absolute atomic E-state index is 12.7. The highest BCUT2D eigenvalue weighted by Gasteiger charge is 2.26. The standard InChI is InChI=1S/C22H28N4O3S2/c1-30-18-4-2-16(3-5-18)14-20(27)25-8-6-17(7-9-25)22-23-19(15-31-22)21(28)24-26-10-12-29-13-11-26/h2-5,15,17H,6-14H2,1H3,(H,24,28). The third-order valence-electron chi connectivity index (χ3n) is 5.74. The zero-order chi connectivity index (χ0) is 21.6. The Morgan fingerprint density at radius 1 is 1.16 bits per heavy atom. The summed E-state index contributed by atoms with van der Waals surface area (Å²) in [4.78, 5) is 32.9. The van der Waals surface area contributed by atoms with Crippen molar-refractivity contribution in [2.75, 3.05) is 45.6 Å². The van der Waals surface area contributed by atoms with Crippen LogP contribution in [-0.2, 0) is 16.0 Å². The van der Waals surface area contributed by atoms with Crippen molar-refractivity contribution in [3.63, 3.8) is 0 Å². The van der Waals surface area contributed by atoms with E-state index in [4.69, 9.17) is 4.74 Å². The van der Waals surface area contributed by atoms with E-state index in [2.05, 4.69) is 22.5 Å². The number of thiazole rings is 1. The zero-order valence-electron chi connectivity index (χ0n) is 17.7. The summed E-state index contributed by atoms with van der Waals surface area (Å²) in [6, 6.07) is 8.20. The van der Waals surface area contributed by atoms with Gasteiger partial charge in [-0.05, 0) is 36.8 Å². The number of rotatable bonds is 6. The smallest absolute Gasteiger partial charge is 0.285 e. The number of hydrazine groups is 1. The Morgan fingerprint density at radius 2 is 1.87 bits per heavy atom.